The normalized spacial score (nSPS) is 17.4. The Bertz CT molecular complexity index is 708. The van der Waals surface area contributed by atoms with Gasteiger partial charge in [-0.25, -0.2) is 4.79 Å². The van der Waals surface area contributed by atoms with Crippen molar-refractivity contribution in [2.45, 2.75) is 45.6 Å². The number of likely N-dealkylation sites (tertiary alicyclic amines) is 1. The van der Waals surface area contributed by atoms with E-state index in [1.165, 1.54) is 28.7 Å². The third-order valence-corrected chi connectivity index (χ3v) is 5.16. The van der Waals surface area contributed by atoms with Gasteiger partial charge in [-0.15, -0.1) is 0 Å². The average molecular weight is 336 g/mol. The highest BCUT2D eigenvalue weighted by atomic mass is 16.2. The monoisotopic (exact) mass is 336 g/mol. The lowest BCUT2D eigenvalue weighted by Gasteiger charge is -2.36. The van der Waals surface area contributed by atoms with Crippen molar-refractivity contribution in [3.05, 3.63) is 70.8 Å². The van der Waals surface area contributed by atoms with Crippen LogP contribution in [0.4, 0.5) is 4.79 Å². The fourth-order valence-corrected chi connectivity index (χ4v) is 3.61. The van der Waals surface area contributed by atoms with Crippen LogP contribution in [-0.4, -0.2) is 24.0 Å². The lowest BCUT2D eigenvalue weighted by Crippen LogP contribution is -2.45. The standard InChI is InChI=1S/C22H28N2O/c1-17-10-12-20(13-11-17)21-9-5-6-16-24(21)22(25)23-15-14-19-8-4-3-7-18(19)2/h3-4,7-8,10-13,21H,5-6,9,14-16H2,1-2H3,(H,23,25). The molecule has 3 heteroatoms. The number of piperidine rings is 1. The van der Waals surface area contributed by atoms with Gasteiger partial charge < -0.3 is 10.2 Å². The second kappa shape index (κ2) is 8.19. The number of nitrogens with one attached hydrogen (secondary N) is 1. The van der Waals surface area contributed by atoms with Crippen LogP contribution in [0.1, 0.15) is 47.6 Å². The molecule has 3 rings (SSSR count). The van der Waals surface area contributed by atoms with Gasteiger partial charge in [-0.3, -0.25) is 0 Å². The zero-order valence-corrected chi connectivity index (χ0v) is 15.3. The summed E-state index contributed by atoms with van der Waals surface area (Å²) in [6, 6.07) is 17.2. The molecule has 0 aliphatic carbocycles. The number of carbonyl (C=O) groups excluding carboxylic acids is 1. The Balaban J connectivity index is 1.61. The van der Waals surface area contributed by atoms with Gasteiger partial charge in [0.1, 0.15) is 0 Å². The highest BCUT2D eigenvalue weighted by Crippen LogP contribution is 2.31. The second-order valence-corrected chi connectivity index (χ2v) is 7.02. The van der Waals surface area contributed by atoms with Crippen molar-refractivity contribution in [1.82, 2.24) is 10.2 Å². The van der Waals surface area contributed by atoms with Crippen molar-refractivity contribution in [3.63, 3.8) is 0 Å². The molecule has 2 aromatic rings. The SMILES string of the molecule is Cc1ccc(C2CCCCN2C(=O)NCCc2ccccc2C)cc1. The molecular weight excluding hydrogens is 308 g/mol. The van der Waals surface area contributed by atoms with Gasteiger partial charge in [-0.2, -0.15) is 0 Å². The van der Waals surface area contributed by atoms with E-state index in [-0.39, 0.29) is 12.1 Å². The molecule has 1 unspecified atom stereocenters. The van der Waals surface area contributed by atoms with E-state index in [1.807, 2.05) is 4.90 Å². The van der Waals surface area contributed by atoms with Gasteiger partial charge in [0.2, 0.25) is 0 Å². The number of rotatable bonds is 4. The quantitative estimate of drug-likeness (QED) is 0.856. The summed E-state index contributed by atoms with van der Waals surface area (Å²) in [5, 5.41) is 3.13. The number of urea groups is 1. The van der Waals surface area contributed by atoms with E-state index in [9.17, 15) is 4.79 Å². The molecule has 2 aromatic carbocycles. The molecular formula is C22H28N2O. The highest BCUT2D eigenvalue weighted by Gasteiger charge is 2.27. The molecule has 1 aliphatic heterocycles. The summed E-state index contributed by atoms with van der Waals surface area (Å²) in [6.45, 7) is 5.74. The van der Waals surface area contributed by atoms with Crippen molar-refractivity contribution in [3.8, 4) is 0 Å². The number of nitrogens with zero attached hydrogens (tertiary/aromatic N) is 1. The Kier molecular flexibility index (Phi) is 5.75. The first-order valence-electron chi connectivity index (χ1n) is 9.30. The van der Waals surface area contributed by atoms with Crippen molar-refractivity contribution < 1.29 is 4.79 Å². The van der Waals surface area contributed by atoms with Gasteiger partial charge >= 0.3 is 6.03 Å². The van der Waals surface area contributed by atoms with E-state index in [2.05, 4.69) is 67.7 Å². The van der Waals surface area contributed by atoms with Gasteiger partial charge in [0.05, 0.1) is 6.04 Å². The molecule has 25 heavy (non-hydrogen) atoms. The van der Waals surface area contributed by atoms with E-state index in [4.69, 9.17) is 0 Å². The summed E-state index contributed by atoms with van der Waals surface area (Å²) < 4.78 is 0. The zero-order chi connectivity index (χ0) is 17.6. The lowest BCUT2D eigenvalue weighted by atomic mass is 9.95. The largest absolute Gasteiger partial charge is 0.338 e. The summed E-state index contributed by atoms with van der Waals surface area (Å²) in [6.07, 6.45) is 4.20. The predicted octanol–water partition coefficient (Wildman–Crippen LogP) is 4.78. The number of hydrogen-bond donors (Lipinski definition) is 1. The van der Waals surface area contributed by atoms with Gasteiger partial charge in [0.25, 0.3) is 0 Å². The van der Waals surface area contributed by atoms with Crippen LogP contribution in [0.15, 0.2) is 48.5 Å². The molecule has 0 bridgehead atoms. The molecule has 0 saturated carbocycles. The Morgan fingerprint density at radius 2 is 1.84 bits per heavy atom. The maximum absolute atomic E-state index is 12.7. The average Bonchev–Trinajstić information content (AvgIpc) is 2.64. The van der Waals surface area contributed by atoms with Crippen LogP contribution in [0.3, 0.4) is 0 Å². The molecule has 1 N–H and O–H groups in total. The number of hydrogen-bond acceptors (Lipinski definition) is 1. The van der Waals surface area contributed by atoms with E-state index in [0.29, 0.717) is 6.54 Å². The smallest absolute Gasteiger partial charge is 0.317 e. The first-order valence-corrected chi connectivity index (χ1v) is 9.30. The van der Waals surface area contributed by atoms with Gasteiger partial charge in [-0.1, -0.05) is 54.1 Å². The minimum atomic E-state index is 0.0684. The first kappa shape index (κ1) is 17.5. The summed E-state index contributed by atoms with van der Waals surface area (Å²) >= 11 is 0. The molecule has 3 nitrogen and oxygen atoms in total. The molecule has 0 aromatic heterocycles. The fourth-order valence-electron chi connectivity index (χ4n) is 3.61. The maximum atomic E-state index is 12.7. The highest BCUT2D eigenvalue weighted by molar-refractivity contribution is 5.75. The third kappa shape index (κ3) is 4.41. The third-order valence-electron chi connectivity index (χ3n) is 5.16. The Hall–Kier alpha value is -2.29. The van der Waals surface area contributed by atoms with E-state index in [1.54, 1.807) is 0 Å². The summed E-state index contributed by atoms with van der Waals surface area (Å²) in [4.78, 5) is 14.8. The zero-order valence-electron chi connectivity index (χ0n) is 15.3. The van der Waals surface area contributed by atoms with Gasteiger partial charge in [0, 0.05) is 13.1 Å². The van der Waals surface area contributed by atoms with Crippen LogP contribution < -0.4 is 5.32 Å². The fraction of sp³-hybridized carbons (Fsp3) is 0.409. The van der Waals surface area contributed by atoms with Crippen LogP contribution in [0.5, 0.6) is 0 Å². The number of benzene rings is 2. The molecule has 0 spiro atoms. The van der Waals surface area contributed by atoms with Crippen LogP contribution >= 0.6 is 0 Å². The molecule has 2 amide bonds. The number of amides is 2. The summed E-state index contributed by atoms with van der Waals surface area (Å²) in [7, 11) is 0. The molecule has 1 heterocycles. The Labute approximate surface area is 151 Å². The first-order chi connectivity index (χ1) is 12.1. The van der Waals surface area contributed by atoms with Crippen molar-refractivity contribution >= 4 is 6.03 Å². The van der Waals surface area contributed by atoms with Crippen molar-refractivity contribution in [2.24, 2.45) is 0 Å². The molecule has 1 saturated heterocycles. The van der Waals surface area contributed by atoms with E-state index < -0.39 is 0 Å². The van der Waals surface area contributed by atoms with Crippen LogP contribution in [-0.2, 0) is 6.42 Å². The van der Waals surface area contributed by atoms with Gasteiger partial charge in [0.15, 0.2) is 0 Å². The Morgan fingerprint density at radius 3 is 2.60 bits per heavy atom. The van der Waals surface area contributed by atoms with Crippen molar-refractivity contribution in [2.75, 3.05) is 13.1 Å². The molecule has 1 aliphatic rings. The van der Waals surface area contributed by atoms with E-state index in [0.717, 1.165) is 25.8 Å². The van der Waals surface area contributed by atoms with Crippen LogP contribution in [0.25, 0.3) is 0 Å². The minimum absolute atomic E-state index is 0.0684. The summed E-state index contributed by atoms with van der Waals surface area (Å²) in [5.41, 5.74) is 5.09. The van der Waals surface area contributed by atoms with Gasteiger partial charge in [-0.05, 0) is 56.2 Å². The Morgan fingerprint density at radius 1 is 1.08 bits per heavy atom. The molecule has 0 radical (unpaired) electrons. The predicted molar refractivity (Wildman–Crippen MR) is 103 cm³/mol. The topological polar surface area (TPSA) is 32.3 Å². The van der Waals surface area contributed by atoms with E-state index >= 15 is 0 Å². The van der Waals surface area contributed by atoms with Crippen molar-refractivity contribution in [1.29, 1.82) is 0 Å². The maximum Gasteiger partial charge on any atom is 0.317 e. The summed E-state index contributed by atoms with van der Waals surface area (Å²) in [5.74, 6) is 0. The minimum Gasteiger partial charge on any atom is -0.338 e. The van der Waals surface area contributed by atoms with Crippen LogP contribution in [0.2, 0.25) is 0 Å². The number of aryl methyl sites for hydroxylation is 2. The van der Waals surface area contributed by atoms with Crippen LogP contribution in [0, 0.1) is 13.8 Å². The lowest BCUT2D eigenvalue weighted by molar-refractivity contribution is 0.151. The molecule has 1 atom stereocenters. The molecule has 132 valence electrons. The second-order valence-electron chi connectivity index (χ2n) is 7.02. The molecule has 1 fully saturated rings. The number of carbonyl (C=O) groups is 1.